The Bertz CT molecular complexity index is 1070. The fourth-order valence-electron chi connectivity index (χ4n) is 5.17. The van der Waals surface area contributed by atoms with Crippen LogP contribution in [-0.2, 0) is 20.8 Å². The molecule has 0 radical (unpaired) electrons. The minimum Gasteiger partial charge on any atom is -0.324 e. The van der Waals surface area contributed by atoms with Gasteiger partial charge in [0.15, 0.2) is 0 Å². The molecule has 3 aliphatic rings. The Hall–Kier alpha value is -2.44. The molecule has 5 nitrogen and oxygen atoms in total. The highest BCUT2D eigenvalue weighted by atomic mass is 79.9. The van der Waals surface area contributed by atoms with Crippen molar-refractivity contribution in [3.05, 3.63) is 75.7 Å². The number of amides is 3. The summed E-state index contributed by atoms with van der Waals surface area (Å²) in [5.74, 6) is -1.33. The van der Waals surface area contributed by atoms with E-state index in [9.17, 15) is 14.4 Å². The fraction of sp³-hybridized carbons (Fsp3) is 0.292. The van der Waals surface area contributed by atoms with Crippen LogP contribution in [0.25, 0.3) is 0 Å². The molecule has 0 spiro atoms. The van der Waals surface area contributed by atoms with Crippen LogP contribution >= 0.6 is 27.5 Å². The van der Waals surface area contributed by atoms with Crippen molar-refractivity contribution in [2.75, 3.05) is 5.32 Å². The summed E-state index contributed by atoms with van der Waals surface area (Å²) in [6.07, 6.45) is 5.22. The Morgan fingerprint density at radius 2 is 1.71 bits per heavy atom. The molecule has 1 saturated heterocycles. The maximum Gasteiger partial charge on any atom is 0.248 e. The summed E-state index contributed by atoms with van der Waals surface area (Å²) in [6, 6.07) is 13.6. The van der Waals surface area contributed by atoms with Gasteiger partial charge in [-0.25, -0.2) is 0 Å². The van der Waals surface area contributed by atoms with Gasteiger partial charge in [-0.2, -0.15) is 0 Å². The standard InChI is InChI=1S/C24H20BrClN2O3/c25-17-9-8-16(12-18(17)26)27-22(29)19(10-13-4-2-1-3-5-13)28-23(30)20-14-6-7-15(11-14)21(20)24(28)31/h1-9,12,14-15,19-21H,10-11H2,(H,27,29). The number of anilines is 1. The summed E-state index contributed by atoms with van der Waals surface area (Å²) < 4.78 is 0.716. The number of likely N-dealkylation sites (tertiary alicyclic amines) is 1. The number of imide groups is 1. The average Bonchev–Trinajstić information content (AvgIpc) is 3.44. The average molecular weight is 500 g/mol. The zero-order chi connectivity index (χ0) is 21.7. The minimum absolute atomic E-state index is 0.0992. The molecule has 1 N–H and O–H groups in total. The van der Waals surface area contributed by atoms with Gasteiger partial charge in [0.05, 0.1) is 16.9 Å². The van der Waals surface area contributed by atoms with Gasteiger partial charge in [-0.1, -0.05) is 54.1 Å². The zero-order valence-electron chi connectivity index (χ0n) is 16.5. The highest BCUT2D eigenvalue weighted by Gasteiger charge is 2.61. The summed E-state index contributed by atoms with van der Waals surface area (Å²) >= 11 is 9.49. The molecule has 0 aromatic heterocycles. The van der Waals surface area contributed by atoms with E-state index in [1.165, 1.54) is 4.90 Å². The van der Waals surface area contributed by atoms with Crippen LogP contribution in [0, 0.1) is 23.7 Å². The number of carbonyl (C=O) groups is 3. The molecular formula is C24H20BrClN2O3. The molecule has 2 fully saturated rings. The lowest BCUT2D eigenvalue weighted by Gasteiger charge is -2.27. The van der Waals surface area contributed by atoms with Crippen molar-refractivity contribution in [1.29, 1.82) is 0 Å². The number of fused-ring (bicyclic) bond motifs is 5. The number of nitrogens with one attached hydrogen (secondary N) is 1. The molecule has 5 rings (SSSR count). The first kappa shape index (κ1) is 20.5. The van der Waals surface area contributed by atoms with Crippen molar-refractivity contribution in [2.24, 2.45) is 23.7 Å². The van der Waals surface area contributed by atoms with Gasteiger partial charge in [-0.15, -0.1) is 0 Å². The second-order valence-electron chi connectivity index (χ2n) is 8.37. The molecule has 158 valence electrons. The van der Waals surface area contributed by atoms with Gasteiger partial charge in [0.25, 0.3) is 0 Å². The number of rotatable bonds is 5. The predicted octanol–water partition coefficient (Wildman–Crippen LogP) is 4.46. The predicted molar refractivity (Wildman–Crippen MR) is 121 cm³/mol. The van der Waals surface area contributed by atoms with Crippen LogP contribution in [-0.4, -0.2) is 28.7 Å². The van der Waals surface area contributed by atoms with E-state index in [4.69, 9.17) is 11.6 Å². The van der Waals surface area contributed by atoms with Crippen molar-refractivity contribution < 1.29 is 14.4 Å². The molecule has 1 aliphatic heterocycles. The van der Waals surface area contributed by atoms with Gasteiger partial charge in [-0.3, -0.25) is 19.3 Å². The molecule has 5 atom stereocenters. The molecule has 2 aromatic carbocycles. The number of carbonyl (C=O) groups excluding carboxylic acids is 3. The van der Waals surface area contributed by atoms with Gasteiger partial charge >= 0.3 is 0 Å². The lowest BCUT2D eigenvalue weighted by molar-refractivity contribution is -0.147. The third kappa shape index (κ3) is 3.52. The van der Waals surface area contributed by atoms with Gasteiger partial charge in [-0.05, 0) is 57.9 Å². The summed E-state index contributed by atoms with van der Waals surface area (Å²) in [7, 11) is 0. The Balaban J connectivity index is 1.46. The largest absolute Gasteiger partial charge is 0.324 e. The maximum absolute atomic E-state index is 13.4. The molecule has 2 aromatic rings. The Morgan fingerprint density at radius 3 is 2.32 bits per heavy atom. The van der Waals surface area contributed by atoms with E-state index in [1.54, 1.807) is 18.2 Å². The monoisotopic (exact) mass is 498 g/mol. The maximum atomic E-state index is 13.4. The van der Waals surface area contributed by atoms with E-state index >= 15 is 0 Å². The number of hydrogen-bond donors (Lipinski definition) is 1. The highest BCUT2D eigenvalue weighted by Crippen LogP contribution is 2.53. The van der Waals surface area contributed by atoms with Crippen LogP contribution < -0.4 is 5.32 Å². The van der Waals surface area contributed by atoms with Crippen molar-refractivity contribution in [1.82, 2.24) is 4.90 Å². The summed E-state index contributed by atoms with van der Waals surface area (Å²) in [5, 5.41) is 3.31. The second kappa shape index (κ2) is 7.92. The van der Waals surface area contributed by atoms with E-state index in [0.717, 1.165) is 12.0 Å². The Kier molecular flexibility index (Phi) is 5.22. The molecule has 2 aliphatic carbocycles. The molecule has 2 bridgehead atoms. The van der Waals surface area contributed by atoms with Crippen LogP contribution in [0.4, 0.5) is 5.69 Å². The molecule has 1 saturated carbocycles. The summed E-state index contributed by atoms with van der Waals surface area (Å²) in [5.41, 5.74) is 1.40. The Labute approximate surface area is 193 Å². The van der Waals surface area contributed by atoms with Gasteiger partial charge in [0.2, 0.25) is 17.7 Å². The normalized spacial score (nSPS) is 27.0. The highest BCUT2D eigenvalue weighted by molar-refractivity contribution is 9.10. The first-order valence-electron chi connectivity index (χ1n) is 10.3. The van der Waals surface area contributed by atoms with Crippen molar-refractivity contribution in [2.45, 2.75) is 18.9 Å². The molecule has 7 heteroatoms. The Morgan fingerprint density at radius 1 is 1.06 bits per heavy atom. The van der Waals surface area contributed by atoms with Crippen LogP contribution in [0.15, 0.2) is 65.2 Å². The van der Waals surface area contributed by atoms with Crippen molar-refractivity contribution >= 4 is 50.9 Å². The third-order valence-electron chi connectivity index (χ3n) is 6.58. The summed E-state index contributed by atoms with van der Waals surface area (Å²) in [6.45, 7) is 0. The first-order chi connectivity index (χ1) is 14.9. The van der Waals surface area contributed by atoms with E-state index in [-0.39, 0.29) is 41.9 Å². The lowest BCUT2D eigenvalue weighted by atomic mass is 9.85. The molecular weight excluding hydrogens is 480 g/mol. The quantitative estimate of drug-likeness (QED) is 0.488. The minimum atomic E-state index is -0.921. The van der Waals surface area contributed by atoms with E-state index in [2.05, 4.69) is 33.4 Å². The van der Waals surface area contributed by atoms with Gasteiger partial charge < -0.3 is 5.32 Å². The first-order valence-corrected chi connectivity index (χ1v) is 11.5. The molecule has 31 heavy (non-hydrogen) atoms. The topological polar surface area (TPSA) is 66.5 Å². The van der Waals surface area contributed by atoms with Crippen molar-refractivity contribution in [3.8, 4) is 0 Å². The second-order valence-corrected chi connectivity index (χ2v) is 9.63. The molecule has 3 amide bonds. The SMILES string of the molecule is O=C(Nc1ccc(Br)c(Cl)c1)C(Cc1ccccc1)N1C(=O)C2C3C=CC(C3)C2C1=O. The smallest absolute Gasteiger partial charge is 0.248 e. The van der Waals surface area contributed by atoms with Crippen LogP contribution in [0.2, 0.25) is 5.02 Å². The number of nitrogens with zero attached hydrogens (tertiary/aromatic N) is 1. The third-order valence-corrected chi connectivity index (χ3v) is 7.81. The zero-order valence-corrected chi connectivity index (χ0v) is 18.8. The van der Waals surface area contributed by atoms with E-state index in [0.29, 0.717) is 15.2 Å². The van der Waals surface area contributed by atoms with E-state index < -0.39 is 11.9 Å². The van der Waals surface area contributed by atoms with Crippen LogP contribution in [0.3, 0.4) is 0 Å². The van der Waals surface area contributed by atoms with Crippen LogP contribution in [0.1, 0.15) is 12.0 Å². The molecule has 1 heterocycles. The number of halogens is 2. The van der Waals surface area contributed by atoms with E-state index in [1.807, 2.05) is 30.3 Å². The van der Waals surface area contributed by atoms with Gasteiger partial charge in [0, 0.05) is 16.6 Å². The van der Waals surface area contributed by atoms with Crippen molar-refractivity contribution in [3.63, 3.8) is 0 Å². The number of benzene rings is 2. The summed E-state index contributed by atoms with van der Waals surface area (Å²) in [4.78, 5) is 41.3. The lowest BCUT2D eigenvalue weighted by Crippen LogP contribution is -2.49. The molecule has 5 unspecified atom stereocenters. The van der Waals surface area contributed by atoms with Gasteiger partial charge in [0.1, 0.15) is 6.04 Å². The van der Waals surface area contributed by atoms with Crippen LogP contribution in [0.5, 0.6) is 0 Å². The number of hydrogen-bond acceptors (Lipinski definition) is 3. The number of allylic oxidation sites excluding steroid dienone is 2. The fourth-order valence-corrected chi connectivity index (χ4v) is 5.60.